The molecule has 4 N–H and O–H groups in total. The molecule has 18 heavy (non-hydrogen) atoms. The predicted molar refractivity (Wildman–Crippen MR) is 84.7 cm³/mol. The van der Waals surface area contributed by atoms with Crippen LogP contribution in [0.4, 0.5) is 0 Å². The quantitative estimate of drug-likeness (QED) is 0.371. The molecule has 0 spiro atoms. The van der Waals surface area contributed by atoms with Gasteiger partial charge in [0.05, 0.1) is 3.57 Å². The van der Waals surface area contributed by atoms with E-state index < -0.39 is 10.3 Å². The Kier molecular flexibility index (Phi) is 8.62. The summed E-state index contributed by atoms with van der Waals surface area (Å²) in [6.07, 6.45) is 0. The first kappa shape index (κ1) is 18.3. The maximum Gasteiger partial charge on any atom is 0.333 e. The van der Waals surface area contributed by atoms with E-state index in [-0.39, 0.29) is 18.9 Å². The summed E-state index contributed by atoms with van der Waals surface area (Å²) in [5, 5.41) is 17.2. The molecule has 0 heterocycles. The molecule has 6 nitrogen and oxygen atoms in total. The van der Waals surface area contributed by atoms with Gasteiger partial charge in [0.25, 0.3) is 0 Å². The average Bonchev–Trinajstić information content (AvgIpc) is 2.21. The lowest BCUT2D eigenvalue weighted by molar-refractivity contribution is 0.318. The summed E-state index contributed by atoms with van der Waals surface area (Å²) in [5.41, 5.74) is 0.420. The predicted octanol–water partition coefficient (Wildman–Crippen LogP) is 1.49. The van der Waals surface area contributed by atoms with E-state index in [0.29, 0.717) is 9.13 Å². The van der Waals surface area contributed by atoms with Crippen LogP contribution in [0.2, 0.25) is 0 Å². The average molecular weight is 501 g/mol. The Hall–Kier alpha value is 0.310. The monoisotopic (exact) mass is 501 g/mol. The minimum Gasteiger partial charge on any atom is -0.507 e. The van der Waals surface area contributed by atoms with Crippen LogP contribution in [0.3, 0.4) is 0 Å². The first-order valence-electron chi connectivity index (χ1n) is 4.71. The second kappa shape index (κ2) is 8.47. The van der Waals surface area contributed by atoms with Crippen LogP contribution in [0.25, 0.3) is 0 Å². The number of halogens is 2. The zero-order valence-corrected chi connectivity index (χ0v) is 14.5. The molecule has 0 aromatic heterocycles. The highest BCUT2D eigenvalue weighted by Crippen LogP contribution is 2.26. The SMILES string of the molecule is CCO.O=S(=O)(O)NCc1cc(I)cc(I)c1O. The van der Waals surface area contributed by atoms with Crippen LogP contribution in [0.15, 0.2) is 12.1 Å². The Morgan fingerprint density at radius 2 is 1.83 bits per heavy atom. The van der Waals surface area contributed by atoms with E-state index in [4.69, 9.17) is 9.66 Å². The third-order valence-electron chi connectivity index (χ3n) is 1.55. The van der Waals surface area contributed by atoms with Crippen molar-refractivity contribution in [3.63, 3.8) is 0 Å². The highest BCUT2D eigenvalue weighted by Gasteiger charge is 2.10. The van der Waals surface area contributed by atoms with Crippen LogP contribution in [-0.4, -0.2) is 29.8 Å². The molecule has 0 saturated carbocycles. The van der Waals surface area contributed by atoms with Crippen LogP contribution < -0.4 is 4.72 Å². The zero-order valence-electron chi connectivity index (χ0n) is 9.39. The molecule has 0 radical (unpaired) electrons. The molecular weight excluding hydrogens is 488 g/mol. The molecule has 0 aliphatic carbocycles. The van der Waals surface area contributed by atoms with Crippen LogP contribution in [0, 0.1) is 7.14 Å². The molecule has 1 aromatic carbocycles. The number of phenols is 1. The van der Waals surface area contributed by atoms with Gasteiger partial charge in [0.2, 0.25) is 0 Å². The molecule has 0 saturated heterocycles. The van der Waals surface area contributed by atoms with Crippen LogP contribution in [0.5, 0.6) is 5.75 Å². The molecule has 1 aromatic rings. The fourth-order valence-electron chi connectivity index (χ4n) is 0.923. The van der Waals surface area contributed by atoms with E-state index in [2.05, 4.69) is 22.6 Å². The van der Waals surface area contributed by atoms with Crippen molar-refractivity contribution in [2.75, 3.05) is 6.61 Å². The third-order valence-corrected chi connectivity index (χ3v) is 3.51. The molecule has 9 heteroatoms. The fraction of sp³-hybridized carbons (Fsp3) is 0.333. The van der Waals surface area contributed by atoms with Crippen molar-refractivity contribution >= 4 is 55.5 Å². The van der Waals surface area contributed by atoms with Gasteiger partial charge in [-0.2, -0.15) is 13.1 Å². The second-order valence-electron chi connectivity index (χ2n) is 3.01. The minimum absolute atomic E-state index is 0.0205. The lowest BCUT2D eigenvalue weighted by Gasteiger charge is -2.07. The zero-order chi connectivity index (χ0) is 14.3. The van der Waals surface area contributed by atoms with E-state index in [1.165, 1.54) is 0 Å². The Morgan fingerprint density at radius 3 is 2.28 bits per heavy atom. The Bertz CT molecular complexity index is 492. The molecule has 0 atom stereocenters. The third kappa shape index (κ3) is 7.68. The lowest BCUT2D eigenvalue weighted by Crippen LogP contribution is -2.21. The topological polar surface area (TPSA) is 107 Å². The maximum absolute atomic E-state index is 10.4. The van der Waals surface area contributed by atoms with Crippen molar-refractivity contribution in [3.05, 3.63) is 24.8 Å². The van der Waals surface area contributed by atoms with E-state index >= 15 is 0 Å². The first-order chi connectivity index (χ1) is 8.21. The molecule has 0 fully saturated rings. The van der Waals surface area contributed by atoms with Crippen LogP contribution in [0.1, 0.15) is 12.5 Å². The van der Waals surface area contributed by atoms with Crippen LogP contribution in [-0.2, 0) is 16.8 Å². The Labute approximate surface area is 133 Å². The summed E-state index contributed by atoms with van der Waals surface area (Å²) in [7, 11) is -4.23. The normalized spacial score (nSPS) is 10.7. The van der Waals surface area contributed by atoms with E-state index in [1.54, 1.807) is 19.1 Å². The van der Waals surface area contributed by atoms with E-state index in [1.807, 2.05) is 27.3 Å². The van der Waals surface area contributed by atoms with Gasteiger partial charge in [-0.25, -0.2) is 0 Å². The summed E-state index contributed by atoms with van der Waals surface area (Å²) >= 11 is 3.99. The van der Waals surface area contributed by atoms with Gasteiger partial charge in [-0.15, -0.1) is 0 Å². The number of hydrogen-bond acceptors (Lipinski definition) is 4. The van der Waals surface area contributed by atoms with Gasteiger partial charge in [0, 0.05) is 22.3 Å². The smallest absolute Gasteiger partial charge is 0.333 e. The number of benzene rings is 1. The highest BCUT2D eigenvalue weighted by atomic mass is 127. The lowest BCUT2D eigenvalue weighted by atomic mass is 10.2. The number of rotatable bonds is 3. The summed E-state index contributed by atoms with van der Waals surface area (Å²) < 4.78 is 32.8. The molecule has 0 aliphatic rings. The first-order valence-corrected chi connectivity index (χ1v) is 8.30. The van der Waals surface area contributed by atoms with Gasteiger partial charge in [0.15, 0.2) is 0 Å². The minimum atomic E-state index is -4.23. The van der Waals surface area contributed by atoms with Crippen molar-refractivity contribution < 1.29 is 23.2 Å². The summed E-state index contributed by atoms with van der Waals surface area (Å²) in [6, 6.07) is 3.39. The van der Waals surface area contributed by atoms with E-state index in [9.17, 15) is 13.5 Å². The fourth-order valence-corrected chi connectivity index (χ4v) is 3.23. The van der Waals surface area contributed by atoms with Gasteiger partial charge in [-0.3, -0.25) is 4.55 Å². The Balaban J connectivity index is 0.000000873. The molecule has 104 valence electrons. The van der Waals surface area contributed by atoms with Gasteiger partial charge < -0.3 is 10.2 Å². The number of hydrogen-bond donors (Lipinski definition) is 4. The molecule has 1 rings (SSSR count). The number of aliphatic hydroxyl groups excluding tert-OH is 1. The number of phenolic OH excluding ortho intramolecular Hbond substituents is 1. The Morgan fingerprint density at radius 1 is 1.33 bits per heavy atom. The van der Waals surface area contributed by atoms with E-state index in [0.717, 1.165) is 3.57 Å². The standard InChI is InChI=1S/C7H7I2NO4S.C2H6O/c8-5-1-4(3-10-15(12,13)14)7(11)6(9)2-5;1-2-3/h1-2,10-11H,3H2,(H,12,13,14);3H,2H2,1H3. The van der Waals surface area contributed by atoms with Gasteiger partial charge in [-0.1, -0.05) is 0 Å². The van der Waals surface area contributed by atoms with Crippen molar-refractivity contribution in [3.8, 4) is 5.75 Å². The van der Waals surface area contributed by atoms with Crippen molar-refractivity contribution in [1.82, 2.24) is 4.72 Å². The number of nitrogens with one attached hydrogen (secondary N) is 1. The maximum atomic E-state index is 10.4. The van der Waals surface area contributed by atoms with Crippen molar-refractivity contribution in [1.29, 1.82) is 0 Å². The van der Waals surface area contributed by atoms with Gasteiger partial charge in [0.1, 0.15) is 5.75 Å². The van der Waals surface area contributed by atoms with Gasteiger partial charge >= 0.3 is 10.3 Å². The summed E-state index contributed by atoms with van der Waals surface area (Å²) in [4.78, 5) is 0. The molecule has 0 aliphatic heterocycles. The molecule has 0 bridgehead atoms. The second-order valence-corrected chi connectivity index (χ2v) is 6.65. The summed E-state index contributed by atoms with van der Waals surface area (Å²) in [6.45, 7) is 1.79. The molecular formula is C9H13I2NO5S. The van der Waals surface area contributed by atoms with Crippen molar-refractivity contribution in [2.45, 2.75) is 13.5 Å². The molecule has 0 amide bonds. The largest absolute Gasteiger partial charge is 0.507 e. The molecule has 0 unspecified atom stereocenters. The highest BCUT2D eigenvalue weighted by molar-refractivity contribution is 14.1. The summed E-state index contributed by atoms with van der Waals surface area (Å²) in [5.74, 6) is 0.0205. The number of aliphatic hydroxyl groups is 1. The van der Waals surface area contributed by atoms with Crippen LogP contribution >= 0.6 is 45.2 Å². The number of aromatic hydroxyl groups is 1. The van der Waals surface area contributed by atoms with Crippen molar-refractivity contribution in [2.24, 2.45) is 0 Å². The van der Waals surface area contributed by atoms with Gasteiger partial charge in [-0.05, 0) is 64.2 Å².